The van der Waals surface area contributed by atoms with E-state index >= 15 is 0 Å². The quantitative estimate of drug-likeness (QED) is 0.670. The first-order chi connectivity index (χ1) is 7.60. The molecular formula is C12H21NO3. The number of hydrogen-bond acceptors (Lipinski definition) is 3. The highest BCUT2D eigenvalue weighted by molar-refractivity contribution is 5.78. The first kappa shape index (κ1) is 13.0. The molecule has 2 atom stereocenters. The van der Waals surface area contributed by atoms with Gasteiger partial charge in [-0.15, -0.1) is 0 Å². The first-order valence-electron chi connectivity index (χ1n) is 5.97. The summed E-state index contributed by atoms with van der Waals surface area (Å²) < 4.78 is 4.75. The molecule has 1 aliphatic heterocycles. The zero-order valence-electron chi connectivity index (χ0n) is 10.4. The molecule has 1 aliphatic rings. The molecule has 2 unspecified atom stereocenters. The van der Waals surface area contributed by atoms with Crippen molar-refractivity contribution in [1.29, 1.82) is 0 Å². The lowest BCUT2D eigenvalue weighted by Crippen LogP contribution is -2.36. The number of rotatable bonds is 5. The van der Waals surface area contributed by atoms with Crippen molar-refractivity contribution < 1.29 is 14.3 Å². The highest BCUT2D eigenvalue weighted by Gasteiger charge is 2.28. The molecule has 0 spiro atoms. The van der Waals surface area contributed by atoms with Crippen LogP contribution in [0.4, 0.5) is 0 Å². The van der Waals surface area contributed by atoms with E-state index in [0.29, 0.717) is 12.8 Å². The highest BCUT2D eigenvalue weighted by Crippen LogP contribution is 2.21. The van der Waals surface area contributed by atoms with Crippen molar-refractivity contribution in [1.82, 2.24) is 4.90 Å². The van der Waals surface area contributed by atoms with E-state index in [1.54, 1.807) is 0 Å². The smallest absolute Gasteiger partial charge is 0.308 e. The van der Waals surface area contributed by atoms with Crippen molar-refractivity contribution >= 4 is 11.9 Å². The molecule has 0 bridgehead atoms. The number of methoxy groups -OCH3 is 1. The Labute approximate surface area is 96.9 Å². The van der Waals surface area contributed by atoms with Crippen molar-refractivity contribution in [2.45, 2.75) is 45.6 Å². The fourth-order valence-corrected chi connectivity index (χ4v) is 2.27. The van der Waals surface area contributed by atoms with Crippen LogP contribution in [0, 0.1) is 5.92 Å². The normalized spacial score (nSPS) is 19.7. The van der Waals surface area contributed by atoms with E-state index in [-0.39, 0.29) is 23.8 Å². The summed E-state index contributed by atoms with van der Waals surface area (Å²) >= 11 is 0. The van der Waals surface area contributed by atoms with Crippen LogP contribution in [0.3, 0.4) is 0 Å². The maximum atomic E-state index is 11.5. The summed E-state index contributed by atoms with van der Waals surface area (Å²) in [5.41, 5.74) is 0. The minimum absolute atomic E-state index is 0.0894. The van der Waals surface area contributed by atoms with Gasteiger partial charge < -0.3 is 9.64 Å². The summed E-state index contributed by atoms with van der Waals surface area (Å²) in [5.74, 6) is -0.0402. The van der Waals surface area contributed by atoms with E-state index in [2.05, 4.69) is 0 Å². The minimum Gasteiger partial charge on any atom is -0.469 e. The Kier molecular flexibility index (Phi) is 4.77. The van der Waals surface area contributed by atoms with Gasteiger partial charge in [0.25, 0.3) is 0 Å². The Morgan fingerprint density at radius 1 is 1.56 bits per heavy atom. The van der Waals surface area contributed by atoms with Crippen LogP contribution < -0.4 is 0 Å². The summed E-state index contributed by atoms with van der Waals surface area (Å²) in [4.78, 5) is 24.9. The number of likely N-dealkylation sites (tertiary alicyclic amines) is 1. The summed E-state index contributed by atoms with van der Waals surface area (Å²) in [5, 5.41) is 0. The SMILES string of the molecule is CCC(CC(C)N1CCCC1=O)C(=O)OC. The van der Waals surface area contributed by atoms with Crippen molar-refractivity contribution in [3.63, 3.8) is 0 Å². The summed E-state index contributed by atoms with van der Waals surface area (Å²) in [6.45, 7) is 4.81. The number of nitrogens with zero attached hydrogens (tertiary/aromatic N) is 1. The lowest BCUT2D eigenvalue weighted by atomic mass is 9.97. The van der Waals surface area contributed by atoms with Crippen molar-refractivity contribution in [2.24, 2.45) is 5.92 Å². The maximum Gasteiger partial charge on any atom is 0.308 e. The number of carbonyl (C=O) groups excluding carboxylic acids is 2. The van der Waals surface area contributed by atoms with Crippen LogP contribution in [0.25, 0.3) is 0 Å². The van der Waals surface area contributed by atoms with Crippen LogP contribution in [0.2, 0.25) is 0 Å². The average Bonchev–Trinajstić information content (AvgIpc) is 2.71. The van der Waals surface area contributed by atoms with Gasteiger partial charge in [-0.1, -0.05) is 6.92 Å². The van der Waals surface area contributed by atoms with Gasteiger partial charge in [-0.05, 0) is 26.2 Å². The molecule has 0 aromatic carbocycles. The molecule has 92 valence electrons. The predicted molar refractivity (Wildman–Crippen MR) is 60.8 cm³/mol. The van der Waals surface area contributed by atoms with E-state index in [1.165, 1.54) is 7.11 Å². The van der Waals surface area contributed by atoms with Crippen LogP contribution in [0.5, 0.6) is 0 Å². The molecule has 0 saturated carbocycles. The van der Waals surface area contributed by atoms with Crippen LogP contribution in [-0.2, 0) is 14.3 Å². The average molecular weight is 227 g/mol. The molecular weight excluding hydrogens is 206 g/mol. The Morgan fingerprint density at radius 2 is 2.25 bits per heavy atom. The number of esters is 1. The van der Waals surface area contributed by atoms with E-state index in [0.717, 1.165) is 19.4 Å². The van der Waals surface area contributed by atoms with Crippen LogP contribution >= 0.6 is 0 Å². The summed E-state index contributed by atoms with van der Waals surface area (Å²) in [6, 6.07) is 0.138. The van der Waals surface area contributed by atoms with Gasteiger partial charge >= 0.3 is 5.97 Å². The Morgan fingerprint density at radius 3 is 2.69 bits per heavy atom. The fourth-order valence-electron chi connectivity index (χ4n) is 2.27. The van der Waals surface area contributed by atoms with Gasteiger partial charge in [0.2, 0.25) is 5.91 Å². The van der Waals surface area contributed by atoms with E-state index < -0.39 is 0 Å². The van der Waals surface area contributed by atoms with E-state index in [9.17, 15) is 9.59 Å². The highest BCUT2D eigenvalue weighted by atomic mass is 16.5. The van der Waals surface area contributed by atoms with Gasteiger partial charge in [0.1, 0.15) is 0 Å². The second-order valence-corrected chi connectivity index (χ2v) is 4.40. The molecule has 0 aromatic heterocycles. The third-order valence-corrected chi connectivity index (χ3v) is 3.30. The summed E-state index contributed by atoms with van der Waals surface area (Å²) in [7, 11) is 1.41. The molecule has 1 saturated heterocycles. The van der Waals surface area contributed by atoms with Gasteiger partial charge in [-0.25, -0.2) is 0 Å². The van der Waals surface area contributed by atoms with Crippen LogP contribution in [0.1, 0.15) is 39.5 Å². The Hall–Kier alpha value is -1.06. The molecule has 0 radical (unpaired) electrons. The topological polar surface area (TPSA) is 46.6 Å². The van der Waals surface area contributed by atoms with E-state index in [1.807, 2.05) is 18.7 Å². The Balaban J connectivity index is 2.51. The molecule has 4 heteroatoms. The monoisotopic (exact) mass is 227 g/mol. The molecule has 1 fully saturated rings. The number of ether oxygens (including phenoxy) is 1. The molecule has 0 aliphatic carbocycles. The predicted octanol–water partition coefficient (Wildman–Crippen LogP) is 1.59. The molecule has 16 heavy (non-hydrogen) atoms. The standard InChI is InChI=1S/C12H21NO3/c1-4-10(12(15)16-3)8-9(2)13-7-5-6-11(13)14/h9-10H,4-8H2,1-3H3. The fraction of sp³-hybridized carbons (Fsp3) is 0.833. The van der Waals surface area contributed by atoms with Gasteiger partial charge in [0.15, 0.2) is 0 Å². The number of carbonyl (C=O) groups is 2. The molecule has 0 aromatic rings. The van der Waals surface area contributed by atoms with Crippen molar-refractivity contribution in [3.8, 4) is 0 Å². The lowest BCUT2D eigenvalue weighted by Gasteiger charge is -2.26. The third kappa shape index (κ3) is 2.97. The zero-order valence-corrected chi connectivity index (χ0v) is 10.4. The number of amides is 1. The largest absolute Gasteiger partial charge is 0.469 e. The molecule has 1 amide bonds. The van der Waals surface area contributed by atoms with Gasteiger partial charge in [0.05, 0.1) is 13.0 Å². The van der Waals surface area contributed by atoms with E-state index in [4.69, 9.17) is 4.74 Å². The lowest BCUT2D eigenvalue weighted by molar-refractivity contribution is -0.147. The van der Waals surface area contributed by atoms with Crippen molar-refractivity contribution in [3.05, 3.63) is 0 Å². The third-order valence-electron chi connectivity index (χ3n) is 3.30. The van der Waals surface area contributed by atoms with Gasteiger partial charge in [0, 0.05) is 19.0 Å². The molecule has 0 N–H and O–H groups in total. The van der Waals surface area contributed by atoms with Gasteiger partial charge in [-0.2, -0.15) is 0 Å². The minimum atomic E-state index is -0.166. The second kappa shape index (κ2) is 5.87. The first-order valence-corrected chi connectivity index (χ1v) is 5.97. The number of hydrogen-bond donors (Lipinski definition) is 0. The molecule has 1 heterocycles. The van der Waals surface area contributed by atoms with Gasteiger partial charge in [-0.3, -0.25) is 9.59 Å². The molecule has 1 rings (SSSR count). The second-order valence-electron chi connectivity index (χ2n) is 4.40. The summed E-state index contributed by atoms with van der Waals surface area (Å²) in [6.07, 6.45) is 3.06. The van der Waals surface area contributed by atoms with Crippen LogP contribution in [-0.4, -0.2) is 36.5 Å². The zero-order chi connectivity index (χ0) is 12.1. The molecule has 4 nitrogen and oxygen atoms in total. The maximum absolute atomic E-state index is 11.5. The van der Waals surface area contributed by atoms with Crippen molar-refractivity contribution in [2.75, 3.05) is 13.7 Å². The Bertz CT molecular complexity index is 265. The van der Waals surface area contributed by atoms with Crippen LogP contribution in [0.15, 0.2) is 0 Å².